The van der Waals surface area contributed by atoms with Crippen molar-refractivity contribution in [2.24, 2.45) is 0 Å². The quantitative estimate of drug-likeness (QED) is 0.829. The molecule has 0 saturated heterocycles. The second-order valence-corrected chi connectivity index (χ2v) is 4.47. The number of nitrogens with zero attached hydrogens (tertiary/aromatic N) is 1. The number of rotatable bonds is 4. The summed E-state index contributed by atoms with van der Waals surface area (Å²) in [7, 11) is -2.09. The molecule has 0 aromatic heterocycles. The zero-order valence-corrected chi connectivity index (χ0v) is 8.91. The first-order valence-corrected chi connectivity index (χ1v) is 5.74. The number of sulfonamides is 1. The van der Waals surface area contributed by atoms with Crippen molar-refractivity contribution in [2.75, 3.05) is 17.6 Å². The first kappa shape index (κ1) is 11.3. The molecule has 15 heavy (non-hydrogen) atoms. The number of ether oxygens (including phenoxy) is 1. The van der Waals surface area contributed by atoms with Crippen LogP contribution in [0.3, 0.4) is 0 Å². The minimum atomic E-state index is -3.58. The van der Waals surface area contributed by atoms with Gasteiger partial charge in [0, 0.05) is 6.07 Å². The van der Waals surface area contributed by atoms with Gasteiger partial charge < -0.3 is 4.74 Å². The number of anilines is 1. The van der Waals surface area contributed by atoms with Gasteiger partial charge in [-0.15, -0.1) is 0 Å². The maximum absolute atomic E-state index is 11.2. The van der Waals surface area contributed by atoms with Crippen molar-refractivity contribution in [3.8, 4) is 11.8 Å². The van der Waals surface area contributed by atoms with Crippen LogP contribution in [-0.4, -0.2) is 21.3 Å². The highest BCUT2D eigenvalue weighted by atomic mass is 32.2. The van der Waals surface area contributed by atoms with Crippen LogP contribution in [0, 0.1) is 11.3 Å². The number of benzene rings is 1. The van der Waals surface area contributed by atoms with E-state index in [0.29, 0.717) is 11.4 Å². The Bertz CT molecular complexity index is 476. The van der Waals surface area contributed by atoms with Crippen LogP contribution in [0.1, 0.15) is 0 Å². The summed E-state index contributed by atoms with van der Waals surface area (Å²) in [5.74, 6) is -0.0170. The first-order valence-electron chi connectivity index (χ1n) is 4.09. The Balaban J connectivity index is 2.86. The van der Waals surface area contributed by atoms with E-state index < -0.39 is 15.8 Å². The molecule has 0 amide bonds. The van der Waals surface area contributed by atoms with Crippen LogP contribution in [-0.2, 0) is 10.0 Å². The Morgan fingerprint density at radius 3 is 2.87 bits per heavy atom. The molecule has 5 nitrogen and oxygen atoms in total. The summed E-state index contributed by atoms with van der Waals surface area (Å²) in [6, 6.07) is 8.04. The zero-order valence-electron chi connectivity index (χ0n) is 8.10. The Kier molecular flexibility index (Phi) is 3.52. The molecular formula is C9H10N2O3S. The molecule has 1 N–H and O–H groups in total. The zero-order chi connectivity index (χ0) is 11.3. The van der Waals surface area contributed by atoms with E-state index >= 15 is 0 Å². The molecule has 0 aliphatic carbocycles. The van der Waals surface area contributed by atoms with E-state index in [2.05, 4.69) is 4.72 Å². The lowest BCUT2D eigenvalue weighted by atomic mass is 10.3. The molecule has 0 bridgehead atoms. The molecule has 0 fully saturated rings. The number of methoxy groups -OCH3 is 1. The van der Waals surface area contributed by atoms with Gasteiger partial charge >= 0.3 is 0 Å². The fourth-order valence-electron chi connectivity index (χ4n) is 0.987. The van der Waals surface area contributed by atoms with Gasteiger partial charge in [-0.2, -0.15) is 5.26 Å². The minimum Gasteiger partial charge on any atom is -0.497 e. The van der Waals surface area contributed by atoms with Gasteiger partial charge in [-0.05, 0) is 12.1 Å². The summed E-state index contributed by atoms with van der Waals surface area (Å²) in [4.78, 5) is 0. The normalized spacial score (nSPS) is 10.4. The maximum Gasteiger partial charge on any atom is 0.246 e. The summed E-state index contributed by atoms with van der Waals surface area (Å²) in [5, 5.41) is 8.29. The summed E-state index contributed by atoms with van der Waals surface area (Å²) in [5.41, 5.74) is 0.379. The topological polar surface area (TPSA) is 79.2 Å². The van der Waals surface area contributed by atoms with Crippen molar-refractivity contribution in [2.45, 2.75) is 0 Å². The summed E-state index contributed by atoms with van der Waals surface area (Å²) >= 11 is 0. The van der Waals surface area contributed by atoms with E-state index in [1.807, 2.05) is 0 Å². The highest BCUT2D eigenvalue weighted by Crippen LogP contribution is 2.17. The standard InChI is InChI=1S/C9H10N2O3S/c1-14-9-4-2-3-8(7-9)11-15(12,13)6-5-10/h2-4,7,11H,6H2,1H3. The average molecular weight is 226 g/mol. The minimum absolute atomic E-state index is 0.379. The number of nitrogens with one attached hydrogen (secondary N) is 1. The van der Waals surface area contributed by atoms with Crippen LogP contribution in [0.2, 0.25) is 0 Å². The maximum atomic E-state index is 11.2. The Morgan fingerprint density at radius 2 is 2.27 bits per heavy atom. The second kappa shape index (κ2) is 4.66. The van der Waals surface area contributed by atoms with Crippen molar-refractivity contribution in [1.82, 2.24) is 0 Å². The van der Waals surface area contributed by atoms with E-state index in [1.54, 1.807) is 24.3 Å². The van der Waals surface area contributed by atoms with Crippen LogP contribution >= 0.6 is 0 Å². The third-order valence-corrected chi connectivity index (χ3v) is 2.65. The van der Waals surface area contributed by atoms with E-state index in [-0.39, 0.29) is 0 Å². The lowest BCUT2D eigenvalue weighted by molar-refractivity contribution is 0.415. The molecule has 0 radical (unpaired) electrons. The molecule has 1 rings (SSSR count). The molecule has 0 atom stereocenters. The Morgan fingerprint density at radius 1 is 1.53 bits per heavy atom. The first-order chi connectivity index (χ1) is 7.07. The second-order valence-electron chi connectivity index (χ2n) is 2.75. The molecule has 0 saturated carbocycles. The molecule has 0 spiro atoms. The predicted molar refractivity (Wildman–Crippen MR) is 56.0 cm³/mol. The van der Waals surface area contributed by atoms with Crippen LogP contribution in [0.4, 0.5) is 5.69 Å². The fraction of sp³-hybridized carbons (Fsp3) is 0.222. The molecular weight excluding hydrogens is 216 g/mol. The van der Waals surface area contributed by atoms with Crippen molar-refractivity contribution in [3.63, 3.8) is 0 Å². The van der Waals surface area contributed by atoms with Crippen LogP contribution < -0.4 is 9.46 Å². The SMILES string of the molecule is COc1cccc(NS(=O)(=O)CC#N)c1. The van der Waals surface area contributed by atoms with E-state index in [1.165, 1.54) is 13.2 Å². The molecule has 80 valence electrons. The predicted octanol–water partition coefficient (Wildman–Crippen LogP) is 0.960. The van der Waals surface area contributed by atoms with Crippen LogP contribution in [0.25, 0.3) is 0 Å². The third-order valence-electron chi connectivity index (χ3n) is 1.60. The Hall–Kier alpha value is -1.74. The van der Waals surface area contributed by atoms with Gasteiger partial charge in [0.1, 0.15) is 5.75 Å². The number of nitriles is 1. The van der Waals surface area contributed by atoms with Crippen LogP contribution in [0.5, 0.6) is 5.75 Å². The fourth-order valence-corrected chi connectivity index (χ4v) is 1.72. The molecule has 0 heterocycles. The van der Waals surface area contributed by atoms with E-state index in [0.717, 1.165) is 0 Å². The monoisotopic (exact) mass is 226 g/mol. The third kappa shape index (κ3) is 3.48. The molecule has 0 aliphatic heterocycles. The van der Waals surface area contributed by atoms with Gasteiger partial charge in [0.25, 0.3) is 0 Å². The lowest BCUT2D eigenvalue weighted by Gasteiger charge is -2.06. The lowest BCUT2D eigenvalue weighted by Crippen LogP contribution is -2.15. The summed E-state index contributed by atoms with van der Waals surface area (Å²) in [6.07, 6.45) is 0. The largest absolute Gasteiger partial charge is 0.497 e. The van der Waals surface area contributed by atoms with E-state index in [4.69, 9.17) is 10.00 Å². The van der Waals surface area contributed by atoms with Gasteiger partial charge in [0.15, 0.2) is 5.75 Å². The summed E-state index contributed by atoms with van der Waals surface area (Å²) in [6.45, 7) is 0. The van der Waals surface area contributed by atoms with Crippen LogP contribution in [0.15, 0.2) is 24.3 Å². The van der Waals surface area contributed by atoms with Gasteiger partial charge in [-0.1, -0.05) is 6.07 Å². The van der Waals surface area contributed by atoms with Gasteiger partial charge in [0.2, 0.25) is 10.0 Å². The van der Waals surface area contributed by atoms with Gasteiger partial charge in [0.05, 0.1) is 18.9 Å². The number of hydrogen-bond donors (Lipinski definition) is 1. The highest BCUT2D eigenvalue weighted by molar-refractivity contribution is 7.92. The Labute approximate surface area is 88.3 Å². The molecule has 1 aromatic rings. The van der Waals surface area contributed by atoms with Crippen molar-refractivity contribution < 1.29 is 13.2 Å². The molecule has 1 aromatic carbocycles. The summed E-state index contributed by atoms with van der Waals surface area (Å²) < 4.78 is 29.6. The van der Waals surface area contributed by atoms with E-state index in [9.17, 15) is 8.42 Å². The average Bonchev–Trinajstić information content (AvgIpc) is 2.17. The van der Waals surface area contributed by atoms with Gasteiger partial charge in [-0.25, -0.2) is 8.42 Å². The van der Waals surface area contributed by atoms with Crippen molar-refractivity contribution in [3.05, 3.63) is 24.3 Å². The molecule has 6 heteroatoms. The number of hydrogen-bond acceptors (Lipinski definition) is 4. The van der Waals surface area contributed by atoms with Crippen molar-refractivity contribution in [1.29, 1.82) is 5.26 Å². The molecule has 0 unspecified atom stereocenters. The smallest absolute Gasteiger partial charge is 0.246 e. The molecule has 0 aliphatic rings. The van der Waals surface area contributed by atoms with Crippen molar-refractivity contribution >= 4 is 15.7 Å². The van der Waals surface area contributed by atoms with Gasteiger partial charge in [-0.3, -0.25) is 4.72 Å². The highest BCUT2D eigenvalue weighted by Gasteiger charge is 2.09.